The summed E-state index contributed by atoms with van der Waals surface area (Å²) in [5.74, 6) is -0.0331. The molecule has 0 spiro atoms. The third-order valence-electron chi connectivity index (χ3n) is 3.42. The molecular formula is C13H25NO2. The standard InChI is InChI=1S/C13H25NO2/c1-11(2)8-9-14(10-13(15)16)12-6-4-3-5-7-12/h11-12H,3-10H2,1-2H3,(H,15,16). The van der Waals surface area contributed by atoms with Crippen LogP contribution in [0.4, 0.5) is 0 Å². The number of nitrogens with zero attached hydrogens (tertiary/aromatic N) is 1. The third kappa shape index (κ3) is 4.97. The van der Waals surface area contributed by atoms with Crippen molar-refractivity contribution in [1.82, 2.24) is 4.90 Å². The molecule has 0 aromatic rings. The van der Waals surface area contributed by atoms with Gasteiger partial charge in [-0.05, 0) is 31.7 Å². The predicted octanol–water partition coefficient (Wildman–Crippen LogP) is 2.75. The van der Waals surface area contributed by atoms with Gasteiger partial charge in [-0.25, -0.2) is 0 Å². The summed E-state index contributed by atoms with van der Waals surface area (Å²) in [5, 5.41) is 8.94. The Labute approximate surface area is 98.8 Å². The first-order valence-electron chi connectivity index (χ1n) is 6.55. The third-order valence-corrected chi connectivity index (χ3v) is 3.42. The molecule has 0 aromatic carbocycles. The lowest BCUT2D eigenvalue weighted by Gasteiger charge is -2.33. The van der Waals surface area contributed by atoms with E-state index in [4.69, 9.17) is 5.11 Å². The molecule has 0 aliphatic heterocycles. The Morgan fingerprint density at radius 2 is 1.94 bits per heavy atom. The molecule has 0 bridgehead atoms. The van der Waals surface area contributed by atoms with Gasteiger partial charge in [0.15, 0.2) is 0 Å². The maximum absolute atomic E-state index is 10.9. The van der Waals surface area contributed by atoms with E-state index in [0.29, 0.717) is 12.0 Å². The molecule has 1 aliphatic rings. The lowest BCUT2D eigenvalue weighted by Crippen LogP contribution is -2.41. The van der Waals surface area contributed by atoms with Gasteiger partial charge in [-0.3, -0.25) is 9.69 Å². The van der Waals surface area contributed by atoms with E-state index in [-0.39, 0.29) is 6.54 Å². The summed E-state index contributed by atoms with van der Waals surface area (Å²) in [5.41, 5.74) is 0. The lowest BCUT2D eigenvalue weighted by molar-refractivity contribution is -0.139. The Hall–Kier alpha value is -0.570. The molecule has 94 valence electrons. The van der Waals surface area contributed by atoms with Crippen LogP contribution in [0.25, 0.3) is 0 Å². The second kappa shape index (κ2) is 6.89. The van der Waals surface area contributed by atoms with Crippen molar-refractivity contribution in [1.29, 1.82) is 0 Å². The fourth-order valence-electron chi connectivity index (χ4n) is 2.43. The van der Waals surface area contributed by atoms with Gasteiger partial charge in [0.1, 0.15) is 0 Å². The second-order valence-corrected chi connectivity index (χ2v) is 5.34. The summed E-state index contributed by atoms with van der Waals surface area (Å²) >= 11 is 0. The molecule has 0 amide bonds. The van der Waals surface area contributed by atoms with E-state index in [9.17, 15) is 4.79 Å². The minimum Gasteiger partial charge on any atom is -0.480 e. The van der Waals surface area contributed by atoms with E-state index < -0.39 is 5.97 Å². The number of hydrogen-bond acceptors (Lipinski definition) is 2. The zero-order valence-corrected chi connectivity index (χ0v) is 10.6. The Kier molecular flexibility index (Phi) is 5.81. The van der Waals surface area contributed by atoms with Crippen molar-refractivity contribution in [2.75, 3.05) is 13.1 Å². The van der Waals surface area contributed by atoms with E-state index in [1.807, 2.05) is 0 Å². The minimum absolute atomic E-state index is 0.220. The van der Waals surface area contributed by atoms with Crippen LogP contribution in [0.2, 0.25) is 0 Å². The average molecular weight is 227 g/mol. The highest BCUT2D eigenvalue weighted by Gasteiger charge is 2.22. The SMILES string of the molecule is CC(C)CCN(CC(=O)O)C1CCCCC1. The number of aliphatic carboxylic acids is 1. The van der Waals surface area contributed by atoms with Crippen molar-refractivity contribution in [3.8, 4) is 0 Å². The molecule has 1 saturated carbocycles. The molecule has 0 radical (unpaired) electrons. The fourth-order valence-corrected chi connectivity index (χ4v) is 2.43. The first-order valence-corrected chi connectivity index (χ1v) is 6.55. The molecule has 0 heterocycles. The van der Waals surface area contributed by atoms with Gasteiger partial charge in [0.2, 0.25) is 0 Å². The summed E-state index contributed by atoms with van der Waals surface area (Å²) in [7, 11) is 0. The number of carboxylic acid groups (broad SMARTS) is 1. The van der Waals surface area contributed by atoms with E-state index in [1.165, 1.54) is 32.1 Å². The molecule has 0 atom stereocenters. The van der Waals surface area contributed by atoms with Gasteiger partial charge in [0.25, 0.3) is 0 Å². The van der Waals surface area contributed by atoms with Crippen molar-refractivity contribution >= 4 is 5.97 Å². The average Bonchev–Trinajstić information content (AvgIpc) is 2.25. The summed E-state index contributed by atoms with van der Waals surface area (Å²) < 4.78 is 0. The molecule has 0 aromatic heterocycles. The van der Waals surface area contributed by atoms with Crippen molar-refractivity contribution < 1.29 is 9.90 Å². The van der Waals surface area contributed by atoms with Crippen LogP contribution in [0.1, 0.15) is 52.4 Å². The smallest absolute Gasteiger partial charge is 0.317 e. The highest BCUT2D eigenvalue weighted by molar-refractivity contribution is 5.69. The van der Waals surface area contributed by atoms with Gasteiger partial charge in [-0.15, -0.1) is 0 Å². The molecule has 16 heavy (non-hydrogen) atoms. The monoisotopic (exact) mass is 227 g/mol. The molecule has 1 aliphatic carbocycles. The minimum atomic E-state index is -0.686. The van der Waals surface area contributed by atoms with Gasteiger partial charge < -0.3 is 5.11 Å². The quantitative estimate of drug-likeness (QED) is 0.758. The van der Waals surface area contributed by atoms with Crippen molar-refractivity contribution in [3.63, 3.8) is 0 Å². The van der Waals surface area contributed by atoms with E-state index in [2.05, 4.69) is 18.7 Å². The van der Waals surface area contributed by atoms with Crippen molar-refractivity contribution in [3.05, 3.63) is 0 Å². The maximum Gasteiger partial charge on any atom is 0.317 e. The molecule has 0 saturated heterocycles. The Morgan fingerprint density at radius 3 is 2.44 bits per heavy atom. The van der Waals surface area contributed by atoms with Crippen molar-refractivity contribution in [2.45, 2.75) is 58.4 Å². The van der Waals surface area contributed by atoms with Gasteiger partial charge in [0, 0.05) is 6.04 Å². The topological polar surface area (TPSA) is 40.5 Å². The van der Waals surface area contributed by atoms with E-state index in [1.54, 1.807) is 0 Å². The Balaban J connectivity index is 2.44. The van der Waals surface area contributed by atoms with E-state index >= 15 is 0 Å². The number of rotatable bonds is 6. The lowest BCUT2D eigenvalue weighted by atomic mass is 9.93. The molecule has 1 fully saturated rings. The first-order chi connectivity index (χ1) is 7.59. The van der Waals surface area contributed by atoms with Gasteiger partial charge in [-0.2, -0.15) is 0 Å². The van der Waals surface area contributed by atoms with Crippen LogP contribution in [0.5, 0.6) is 0 Å². The largest absolute Gasteiger partial charge is 0.480 e. The fraction of sp³-hybridized carbons (Fsp3) is 0.923. The van der Waals surface area contributed by atoms with E-state index in [0.717, 1.165) is 13.0 Å². The van der Waals surface area contributed by atoms with Crippen LogP contribution in [0, 0.1) is 5.92 Å². The highest BCUT2D eigenvalue weighted by atomic mass is 16.4. The number of carbonyl (C=O) groups is 1. The molecule has 3 heteroatoms. The van der Waals surface area contributed by atoms with Crippen LogP contribution < -0.4 is 0 Å². The first kappa shape index (κ1) is 13.5. The van der Waals surface area contributed by atoms with Crippen LogP contribution in [-0.2, 0) is 4.79 Å². The van der Waals surface area contributed by atoms with Gasteiger partial charge in [-0.1, -0.05) is 33.1 Å². The predicted molar refractivity (Wildman–Crippen MR) is 65.5 cm³/mol. The normalized spacial score (nSPS) is 18.2. The van der Waals surface area contributed by atoms with Crippen LogP contribution >= 0.6 is 0 Å². The Bertz CT molecular complexity index is 210. The summed E-state index contributed by atoms with van der Waals surface area (Å²) in [6.45, 7) is 5.55. The second-order valence-electron chi connectivity index (χ2n) is 5.34. The van der Waals surface area contributed by atoms with Gasteiger partial charge in [0.05, 0.1) is 6.54 Å². The summed E-state index contributed by atoms with van der Waals surface area (Å²) in [4.78, 5) is 13.0. The molecular weight excluding hydrogens is 202 g/mol. The number of hydrogen-bond donors (Lipinski definition) is 1. The van der Waals surface area contributed by atoms with Crippen LogP contribution in [-0.4, -0.2) is 35.1 Å². The summed E-state index contributed by atoms with van der Waals surface area (Å²) in [6, 6.07) is 0.517. The van der Waals surface area contributed by atoms with Gasteiger partial charge >= 0.3 is 5.97 Å². The summed E-state index contributed by atoms with van der Waals surface area (Å²) in [6.07, 6.45) is 7.33. The molecule has 1 rings (SSSR count). The zero-order valence-electron chi connectivity index (χ0n) is 10.6. The molecule has 0 unspecified atom stereocenters. The highest BCUT2D eigenvalue weighted by Crippen LogP contribution is 2.23. The maximum atomic E-state index is 10.9. The zero-order chi connectivity index (χ0) is 12.0. The van der Waals surface area contributed by atoms with Crippen LogP contribution in [0.15, 0.2) is 0 Å². The molecule has 1 N–H and O–H groups in total. The van der Waals surface area contributed by atoms with Crippen molar-refractivity contribution in [2.24, 2.45) is 5.92 Å². The number of carboxylic acids is 1. The van der Waals surface area contributed by atoms with Crippen LogP contribution in [0.3, 0.4) is 0 Å². The Morgan fingerprint density at radius 1 is 1.31 bits per heavy atom. The molecule has 3 nitrogen and oxygen atoms in total.